The second-order valence-electron chi connectivity index (χ2n) is 4.44. The molecule has 1 unspecified atom stereocenters. The van der Waals surface area contributed by atoms with Gasteiger partial charge in [-0.3, -0.25) is 0 Å². The highest BCUT2D eigenvalue weighted by atomic mass is 16.5. The van der Waals surface area contributed by atoms with Gasteiger partial charge in [-0.1, -0.05) is 60.7 Å². The van der Waals surface area contributed by atoms with Crippen LogP contribution in [0, 0.1) is 0 Å². The summed E-state index contributed by atoms with van der Waals surface area (Å²) in [5.74, 6) is 0. The van der Waals surface area contributed by atoms with Crippen molar-refractivity contribution in [2.24, 2.45) is 5.73 Å². The largest absolute Gasteiger partial charge is 0.484 e. The molecule has 0 saturated carbocycles. The topological polar surface area (TPSA) is 35.2 Å². The molecule has 2 aromatic rings. The highest BCUT2D eigenvalue weighted by Gasteiger charge is 2.43. The Labute approximate surface area is 107 Å². The van der Waals surface area contributed by atoms with Crippen LogP contribution in [0.25, 0.3) is 0 Å². The Kier molecular flexibility index (Phi) is 2.65. The SMILES string of the molecule is NC1C=COC1(c1ccccc1)c1ccccc1. The minimum absolute atomic E-state index is 0.178. The molecule has 0 aliphatic carbocycles. The molecule has 3 rings (SSSR count). The van der Waals surface area contributed by atoms with Gasteiger partial charge in [-0.15, -0.1) is 0 Å². The van der Waals surface area contributed by atoms with Crippen molar-refractivity contribution in [1.82, 2.24) is 0 Å². The van der Waals surface area contributed by atoms with Crippen LogP contribution in [0.5, 0.6) is 0 Å². The number of rotatable bonds is 2. The van der Waals surface area contributed by atoms with E-state index in [-0.39, 0.29) is 6.04 Å². The van der Waals surface area contributed by atoms with Gasteiger partial charge in [0.05, 0.1) is 12.3 Å². The van der Waals surface area contributed by atoms with Gasteiger partial charge in [0.1, 0.15) is 0 Å². The van der Waals surface area contributed by atoms with Crippen LogP contribution in [0.1, 0.15) is 11.1 Å². The van der Waals surface area contributed by atoms with Crippen molar-refractivity contribution in [3.8, 4) is 0 Å². The summed E-state index contributed by atoms with van der Waals surface area (Å²) in [5, 5.41) is 0. The Morgan fingerprint density at radius 1 is 0.833 bits per heavy atom. The average Bonchev–Trinajstić information content (AvgIpc) is 2.84. The molecule has 2 N–H and O–H groups in total. The third-order valence-corrected chi connectivity index (χ3v) is 3.41. The lowest BCUT2D eigenvalue weighted by Gasteiger charge is -2.33. The zero-order chi connectivity index (χ0) is 12.4. The maximum Gasteiger partial charge on any atom is 0.177 e. The van der Waals surface area contributed by atoms with Gasteiger partial charge in [0.25, 0.3) is 0 Å². The van der Waals surface area contributed by atoms with Crippen LogP contribution in [0.3, 0.4) is 0 Å². The Hall–Kier alpha value is -2.06. The van der Waals surface area contributed by atoms with Gasteiger partial charge in [-0.05, 0) is 6.08 Å². The summed E-state index contributed by atoms with van der Waals surface area (Å²) in [6, 6.07) is 20.1. The lowest BCUT2D eigenvalue weighted by molar-refractivity contribution is 0.0697. The van der Waals surface area contributed by atoms with E-state index >= 15 is 0 Å². The lowest BCUT2D eigenvalue weighted by atomic mass is 9.81. The van der Waals surface area contributed by atoms with E-state index in [1.54, 1.807) is 6.26 Å². The van der Waals surface area contributed by atoms with E-state index in [1.165, 1.54) is 0 Å². The average molecular weight is 237 g/mol. The van der Waals surface area contributed by atoms with E-state index in [9.17, 15) is 0 Å². The lowest BCUT2D eigenvalue weighted by Crippen LogP contribution is -2.43. The summed E-state index contributed by atoms with van der Waals surface area (Å²) in [6.45, 7) is 0. The van der Waals surface area contributed by atoms with E-state index in [0.29, 0.717) is 0 Å². The molecular formula is C16H15NO. The second-order valence-corrected chi connectivity index (χ2v) is 4.44. The fraction of sp³-hybridized carbons (Fsp3) is 0.125. The summed E-state index contributed by atoms with van der Waals surface area (Å²) >= 11 is 0. The van der Waals surface area contributed by atoms with Crippen LogP contribution >= 0.6 is 0 Å². The van der Waals surface area contributed by atoms with Crippen LogP contribution in [0.15, 0.2) is 73.0 Å². The van der Waals surface area contributed by atoms with Crippen LogP contribution in [-0.2, 0) is 10.3 Å². The molecule has 0 fully saturated rings. The van der Waals surface area contributed by atoms with Gasteiger partial charge in [-0.25, -0.2) is 0 Å². The van der Waals surface area contributed by atoms with Crippen LogP contribution < -0.4 is 5.73 Å². The van der Waals surface area contributed by atoms with E-state index in [0.717, 1.165) is 11.1 Å². The van der Waals surface area contributed by atoms with Gasteiger partial charge in [0.2, 0.25) is 0 Å². The van der Waals surface area contributed by atoms with Gasteiger partial charge in [-0.2, -0.15) is 0 Å². The number of ether oxygens (including phenoxy) is 1. The van der Waals surface area contributed by atoms with Crippen molar-refractivity contribution < 1.29 is 4.74 Å². The third-order valence-electron chi connectivity index (χ3n) is 3.41. The first kappa shape index (κ1) is 11.1. The number of hydrogen-bond acceptors (Lipinski definition) is 2. The Balaban J connectivity index is 2.17. The van der Waals surface area contributed by atoms with E-state index < -0.39 is 5.60 Å². The summed E-state index contributed by atoms with van der Waals surface area (Å²) in [6.07, 6.45) is 3.60. The minimum Gasteiger partial charge on any atom is -0.484 e. The van der Waals surface area contributed by atoms with Crippen molar-refractivity contribution in [2.75, 3.05) is 0 Å². The van der Waals surface area contributed by atoms with E-state index in [2.05, 4.69) is 24.3 Å². The maximum absolute atomic E-state index is 6.27. The molecule has 1 aliphatic rings. The molecule has 2 nitrogen and oxygen atoms in total. The molecule has 0 radical (unpaired) electrons. The zero-order valence-electron chi connectivity index (χ0n) is 9.99. The van der Waals surface area contributed by atoms with Gasteiger partial charge < -0.3 is 10.5 Å². The third kappa shape index (κ3) is 1.54. The van der Waals surface area contributed by atoms with Gasteiger partial charge in [0, 0.05) is 11.1 Å². The van der Waals surface area contributed by atoms with Crippen LogP contribution in [-0.4, -0.2) is 6.04 Å². The molecule has 2 aromatic carbocycles. The normalized spacial score (nSPS) is 20.6. The van der Waals surface area contributed by atoms with Crippen molar-refractivity contribution in [2.45, 2.75) is 11.6 Å². The molecule has 18 heavy (non-hydrogen) atoms. The molecule has 0 saturated heterocycles. The summed E-state index contributed by atoms with van der Waals surface area (Å²) in [5.41, 5.74) is 7.83. The summed E-state index contributed by atoms with van der Waals surface area (Å²) in [7, 11) is 0. The van der Waals surface area contributed by atoms with E-state index in [1.807, 2.05) is 42.5 Å². The Bertz CT molecular complexity index is 508. The molecular weight excluding hydrogens is 222 g/mol. The Morgan fingerprint density at radius 3 is 1.72 bits per heavy atom. The molecule has 0 amide bonds. The molecule has 0 spiro atoms. The Morgan fingerprint density at radius 2 is 1.33 bits per heavy atom. The first-order chi connectivity index (χ1) is 8.84. The number of nitrogens with two attached hydrogens (primary N) is 1. The molecule has 0 aromatic heterocycles. The van der Waals surface area contributed by atoms with Crippen molar-refractivity contribution in [1.29, 1.82) is 0 Å². The molecule has 90 valence electrons. The highest BCUT2D eigenvalue weighted by molar-refractivity contribution is 5.41. The fourth-order valence-electron chi connectivity index (χ4n) is 2.50. The van der Waals surface area contributed by atoms with Crippen molar-refractivity contribution in [3.05, 3.63) is 84.1 Å². The molecule has 1 aliphatic heterocycles. The van der Waals surface area contributed by atoms with Gasteiger partial charge in [0.15, 0.2) is 5.60 Å². The summed E-state index contributed by atoms with van der Waals surface area (Å²) < 4.78 is 5.92. The highest BCUT2D eigenvalue weighted by Crippen LogP contribution is 2.40. The predicted octanol–water partition coefficient (Wildman–Crippen LogP) is 2.80. The first-order valence-electron chi connectivity index (χ1n) is 6.05. The maximum atomic E-state index is 6.27. The predicted molar refractivity (Wildman–Crippen MR) is 71.9 cm³/mol. The van der Waals surface area contributed by atoms with Gasteiger partial charge >= 0.3 is 0 Å². The zero-order valence-corrected chi connectivity index (χ0v) is 9.99. The van der Waals surface area contributed by atoms with Crippen molar-refractivity contribution >= 4 is 0 Å². The standard InChI is InChI=1S/C16H15NO/c17-15-11-12-18-16(15,13-7-3-1-4-8-13)14-9-5-2-6-10-14/h1-12,15H,17H2. The van der Waals surface area contributed by atoms with E-state index in [4.69, 9.17) is 10.5 Å². The molecule has 0 bridgehead atoms. The summed E-state index contributed by atoms with van der Waals surface area (Å²) in [4.78, 5) is 0. The van der Waals surface area contributed by atoms with Crippen LogP contribution in [0.4, 0.5) is 0 Å². The molecule has 2 heteroatoms. The van der Waals surface area contributed by atoms with Crippen LogP contribution in [0.2, 0.25) is 0 Å². The first-order valence-corrected chi connectivity index (χ1v) is 6.05. The quantitative estimate of drug-likeness (QED) is 0.871. The second kappa shape index (κ2) is 4.31. The minimum atomic E-state index is -0.595. The number of hydrogen-bond donors (Lipinski definition) is 1. The van der Waals surface area contributed by atoms with Crippen molar-refractivity contribution in [3.63, 3.8) is 0 Å². The monoisotopic (exact) mass is 237 g/mol. The smallest absolute Gasteiger partial charge is 0.177 e. The molecule has 1 heterocycles. The number of benzene rings is 2. The fourth-order valence-corrected chi connectivity index (χ4v) is 2.50. The molecule has 1 atom stereocenters.